The van der Waals surface area contributed by atoms with Crippen molar-refractivity contribution in [3.8, 4) is 11.5 Å². The van der Waals surface area contributed by atoms with E-state index in [1.54, 1.807) is 0 Å². The van der Waals surface area contributed by atoms with E-state index in [1.165, 1.54) is 11.1 Å². The minimum absolute atomic E-state index is 0.333. The van der Waals surface area contributed by atoms with Crippen molar-refractivity contribution in [3.05, 3.63) is 58.1 Å². The Morgan fingerprint density at radius 3 is 2.62 bits per heavy atom. The summed E-state index contributed by atoms with van der Waals surface area (Å²) in [5.41, 5.74) is 2.41. The molecule has 2 aromatic rings. The Bertz CT molecular complexity index is 598. The molecule has 3 heteroatoms. The second-order valence-electron chi connectivity index (χ2n) is 5.26. The molecule has 0 aromatic heterocycles. The van der Waals surface area contributed by atoms with Crippen LogP contribution in [0.25, 0.3) is 0 Å². The highest BCUT2D eigenvalue weighted by atomic mass is 79.9. The standard InChI is InChI=1S/C18H22BrNO/c1-4-10-20-14(3)15-6-5-7-16(12-15)21-17-8-9-18(19)13(2)11-17/h5-9,11-12,14,20H,4,10H2,1-3H3. The molecule has 0 spiro atoms. The Morgan fingerprint density at radius 1 is 1.14 bits per heavy atom. The van der Waals surface area contributed by atoms with Gasteiger partial charge in [0.05, 0.1) is 0 Å². The summed E-state index contributed by atoms with van der Waals surface area (Å²) in [4.78, 5) is 0. The molecule has 112 valence electrons. The van der Waals surface area contributed by atoms with Gasteiger partial charge in [-0.1, -0.05) is 35.0 Å². The van der Waals surface area contributed by atoms with E-state index in [0.29, 0.717) is 6.04 Å². The Kier molecular flexibility index (Phi) is 5.83. The van der Waals surface area contributed by atoms with E-state index in [1.807, 2.05) is 30.3 Å². The van der Waals surface area contributed by atoms with Crippen LogP contribution < -0.4 is 10.1 Å². The minimum Gasteiger partial charge on any atom is -0.457 e. The highest BCUT2D eigenvalue weighted by Gasteiger charge is 2.06. The highest BCUT2D eigenvalue weighted by Crippen LogP contribution is 2.27. The van der Waals surface area contributed by atoms with Crippen molar-refractivity contribution in [3.63, 3.8) is 0 Å². The fourth-order valence-electron chi connectivity index (χ4n) is 2.14. The van der Waals surface area contributed by atoms with Crippen molar-refractivity contribution < 1.29 is 4.74 Å². The molecule has 0 saturated carbocycles. The number of nitrogens with one attached hydrogen (secondary N) is 1. The van der Waals surface area contributed by atoms with Crippen LogP contribution in [0.5, 0.6) is 11.5 Å². The molecule has 0 radical (unpaired) electrons. The van der Waals surface area contributed by atoms with Gasteiger partial charge in [-0.05, 0) is 68.3 Å². The molecule has 2 aromatic carbocycles. The Labute approximate surface area is 135 Å². The second-order valence-corrected chi connectivity index (χ2v) is 6.12. The van der Waals surface area contributed by atoms with Gasteiger partial charge in [-0.2, -0.15) is 0 Å². The summed E-state index contributed by atoms with van der Waals surface area (Å²) in [7, 11) is 0. The third-order valence-electron chi connectivity index (χ3n) is 3.42. The molecular formula is C18H22BrNO. The molecule has 2 nitrogen and oxygen atoms in total. The van der Waals surface area contributed by atoms with E-state index in [0.717, 1.165) is 28.9 Å². The van der Waals surface area contributed by atoms with Crippen molar-refractivity contribution in [2.24, 2.45) is 0 Å². The van der Waals surface area contributed by atoms with Gasteiger partial charge in [-0.25, -0.2) is 0 Å². The average Bonchev–Trinajstić information content (AvgIpc) is 2.49. The first kappa shape index (κ1) is 16.1. The van der Waals surface area contributed by atoms with Crippen molar-refractivity contribution in [2.45, 2.75) is 33.2 Å². The maximum absolute atomic E-state index is 5.96. The number of rotatable bonds is 6. The molecule has 0 bridgehead atoms. The Morgan fingerprint density at radius 2 is 1.90 bits per heavy atom. The number of hydrogen-bond acceptors (Lipinski definition) is 2. The van der Waals surface area contributed by atoms with Gasteiger partial charge in [0.2, 0.25) is 0 Å². The zero-order chi connectivity index (χ0) is 15.2. The van der Waals surface area contributed by atoms with Gasteiger partial charge in [-0.15, -0.1) is 0 Å². The van der Waals surface area contributed by atoms with Crippen molar-refractivity contribution in [2.75, 3.05) is 6.54 Å². The van der Waals surface area contributed by atoms with E-state index >= 15 is 0 Å². The van der Waals surface area contributed by atoms with Crippen LogP contribution in [-0.2, 0) is 0 Å². The fourth-order valence-corrected chi connectivity index (χ4v) is 2.39. The Balaban J connectivity index is 2.11. The predicted molar refractivity (Wildman–Crippen MR) is 92.1 cm³/mol. The van der Waals surface area contributed by atoms with E-state index in [-0.39, 0.29) is 0 Å². The van der Waals surface area contributed by atoms with Gasteiger partial charge in [0.25, 0.3) is 0 Å². The van der Waals surface area contributed by atoms with Gasteiger partial charge in [0, 0.05) is 10.5 Å². The van der Waals surface area contributed by atoms with Gasteiger partial charge < -0.3 is 10.1 Å². The maximum atomic E-state index is 5.96. The molecule has 0 aliphatic heterocycles. The molecule has 1 atom stereocenters. The van der Waals surface area contributed by atoms with Gasteiger partial charge >= 0.3 is 0 Å². The first-order valence-corrected chi connectivity index (χ1v) is 8.16. The van der Waals surface area contributed by atoms with Gasteiger partial charge in [-0.3, -0.25) is 0 Å². The summed E-state index contributed by atoms with van der Waals surface area (Å²) in [6.45, 7) is 7.44. The highest BCUT2D eigenvalue weighted by molar-refractivity contribution is 9.10. The molecule has 0 aliphatic rings. The molecule has 0 heterocycles. The zero-order valence-corrected chi connectivity index (χ0v) is 14.4. The minimum atomic E-state index is 0.333. The van der Waals surface area contributed by atoms with Crippen molar-refractivity contribution in [1.29, 1.82) is 0 Å². The first-order chi connectivity index (χ1) is 10.1. The summed E-state index contributed by atoms with van der Waals surface area (Å²) < 4.78 is 7.06. The summed E-state index contributed by atoms with van der Waals surface area (Å²) >= 11 is 3.51. The molecule has 1 N–H and O–H groups in total. The van der Waals surface area contributed by atoms with Crippen LogP contribution in [-0.4, -0.2) is 6.54 Å². The first-order valence-electron chi connectivity index (χ1n) is 7.37. The van der Waals surface area contributed by atoms with Gasteiger partial charge in [0.1, 0.15) is 11.5 Å². The van der Waals surface area contributed by atoms with Crippen LogP contribution in [0.2, 0.25) is 0 Å². The number of ether oxygens (including phenoxy) is 1. The second kappa shape index (κ2) is 7.62. The van der Waals surface area contributed by atoms with E-state index in [9.17, 15) is 0 Å². The monoisotopic (exact) mass is 347 g/mol. The zero-order valence-electron chi connectivity index (χ0n) is 12.8. The number of halogens is 1. The van der Waals surface area contributed by atoms with Crippen LogP contribution in [0.4, 0.5) is 0 Å². The lowest BCUT2D eigenvalue weighted by Gasteiger charge is -2.15. The third-order valence-corrected chi connectivity index (χ3v) is 4.31. The summed E-state index contributed by atoms with van der Waals surface area (Å²) in [6.07, 6.45) is 1.14. The summed E-state index contributed by atoms with van der Waals surface area (Å²) in [6, 6.07) is 14.6. The van der Waals surface area contributed by atoms with E-state index in [2.05, 4.69) is 54.2 Å². The molecule has 0 fully saturated rings. The molecule has 0 saturated heterocycles. The van der Waals surface area contributed by atoms with Crippen LogP contribution in [0.15, 0.2) is 46.9 Å². The van der Waals surface area contributed by atoms with Crippen molar-refractivity contribution >= 4 is 15.9 Å². The van der Waals surface area contributed by atoms with Crippen LogP contribution in [0, 0.1) is 6.92 Å². The maximum Gasteiger partial charge on any atom is 0.127 e. The predicted octanol–water partition coefficient (Wildman–Crippen LogP) is 5.61. The SMILES string of the molecule is CCCNC(C)c1cccc(Oc2ccc(Br)c(C)c2)c1. The lowest BCUT2D eigenvalue weighted by molar-refractivity contribution is 0.479. The molecule has 0 amide bonds. The summed E-state index contributed by atoms with van der Waals surface area (Å²) in [5, 5.41) is 3.49. The van der Waals surface area contributed by atoms with Crippen LogP contribution in [0.3, 0.4) is 0 Å². The van der Waals surface area contributed by atoms with E-state index in [4.69, 9.17) is 4.74 Å². The summed E-state index contributed by atoms with van der Waals surface area (Å²) in [5.74, 6) is 1.74. The largest absolute Gasteiger partial charge is 0.457 e. The quantitative estimate of drug-likeness (QED) is 0.733. The number of hydrogen-bond donors (Lipinski definition) is 1. The lowest BCUT2D eigenvalue weighted by Crippen LogP contribution is -2.19. The topological polar surface area (TPSA) is 21.3 Å². The molecule has 21 heavy (non-hydrogen) atoms. The van der Waals surface area contributed by atoms with Crippen molar-refractivity contribution in [1.82, 2.24) is 5.32 Å². The molecule has 2 rings (SSSR count). The molecule has 0 aliphatic carbocycles. The number of aryl methyl sites for hydroxylation is 1. The van der Waals surface area contributed by atoms with Gasteiger partial charge in [0.15, 0.2) is 0 Å². The van der Waals surface area contributed by atoms with Crippen LogP contribution >= 0.6 is 15.9 Å². The average molecular weight is 348 g/mol. The molecule has 1 unspecified atom stereocenters. The fraction of sp³-hybridized carbons (Fsp3) is 0.333. The Hall–Kier alpha value is -1.32. The lowest BCUT2D eigenvalue weighted by atomic mass is 10.1. The number of benzene rings is 2. The normalized spacial score (nSPS) is 12.2. The third kappa shape index (κ3) is 4.58. The van der Waals surface area contributed by atoms with E-state index < -0.39 is 0 Å². The smallest absolute Gasteiger partial charge is 0.127 e. The van der Waals surface area contributed by atoms with Crippen LogP contribution in [0.1, 0.15) is 37.4 Å². The molecular weight excluding hydrogens is 326 g/mol.